The normalized spacial score (nSPS) is 9.69. The second-order valence-corrected chi connectivity index (χ2v) is 2.76. The molecule has 1 heterocycles. The van der Waals surface area contributed by atoms with Crippen LogP contribution in [0.3, 0.4) is 0 Å². The molecule has 0 radical (unpaired) electrons. The molecule has 0 atom stereocenters. The van der Waals surface area contributed by atoms with Gasteiger partial charge in [0, 0.05) is 25.9 Å². The molecule has 1 aromatic rings. The molecule has 1 rings (SSSR count). The summed E-state index contributed by atoms with van der Waals surface area (Å²) in [7, 11) is 1.72. The van der Waals surface area contributed by atoms with Crippen LogP contribution >= 0.6 is 0 Å². The van der Waals surface area contributed by atoms with Gasteiger partial charge in [-0.25, -0.2) is 0 Å². The van der Waals surface area contributed by atoms with Gasteiger partial charge in [-0.3, -0.25) is 9.59 Å². The largest absolute Gasteiger partial charge is 0.342 e. The number of nitrogens with one attached hydrogen (secondary N) is 1. The maximum Gasteiger partial charge on any atom is 0.255 e. The van der Waals surface area contributed by atoms with Gasteiger partial charge in [-0.2, -0.15) is 0 Å². The fraction of sp³-hybridized carbons (Fsp3) is 0.333. The highest BCUT2D eigenvalue weighted by Gasteiger charge is 2.08. The van der Waals surface area contributed by atoms with Gasteiger partial charge in [-0.1, -0.05) is 0 Å². The molecule has 0 saturated carbocycles. The lowest BCUT2D eigenvalue weighted by Gasteiger charge is -2.13. The van der Waals surface area contributed by atoms with Crippen LogP contribution in [0, 0.1) is 0 Å². The molecule has 4 nitrogen and oxygen atoms in total. The lowest BCUT2D eigenvalue weighted by atomic mass is 10.2. The van der Waals surface area contributed by atoms with Gasteiger partial charge >= 0.3 is 0 Å². The van der Waals surface area contributed by atoms with Crippen molar-refractivity contribution in [3.63, 3.8) is 0 Å². The van der Waals surface area contributed by atoms with E-state index in [0.717, 1.165) is 0 Å². The number of H-pyrrole nitrogens is 1. The summed E-state index contributed by atoms with van der Waals surface area (Å²) in [6.45, 7) is 2.54. The Kier molecular flexibility index (Phi) is 2.84. The first-order chi connectivity index (χ1) is 6.15. The number of amides is 1. The molecular weight excluding hydrogens is 168 g/mol. The van der Waals surface area contributed by atoms with Gasteiger partial charge in [0.1, 0.15) is 0 Å². The van der Waals surface area contributed by atoms with Gasteiger partial charge in [0.25, 0.3) is 5.91 Å². The predicted octanol–water partition coefficient (Wildman–Crippen LogP) is 0.467. The van der Waals surface area contributed by atoms with E-state index in [9.17, 15) is 9.59 Å². The van der Waals surface area contributed by atoms with Crippen LogP contribution in [0.15, 0.2) is 23.1 Å². The summed E-state index contributed by atoms with van der Waals surface area (Å²) in [5.74, 6) is -0.0845. The lowest BCUT2D eigenvalue weighted by Crippen LogP contribution is -2.26. The number of pyridine rings is 1. The Morgan fingerprint density at radius 3 is 2.69 bits per heavy atom. The van der Waals surface area contributed by atoms with Crippen molar-refractivity contribution < 1.29 is 4.79 Å². The third kappa shape index (κ3) is 2.18. The number of aromatic nitrogens is 1. The zero-order valence-electron chi connectivity index (χ0n) is 7.70. The molecular formula is C9H12N2O2. The lowest BCUT2D eigenvalue weighted by molar-refractivity contribution is 0.0802. The number of hydrogen-bond acceptors (Lipinski definition) is 2. The number of hydrogen-bond donors (Lipinski definition) is 1. The summed E-state index contributed by atoms with van der Waals surface area (Å²) in [6.07, 6.45) is 1.43. The zero-order valence-corrected chi connectivity index (χ0v) is 7.70. The minimum Gasteiger partial charge on any atom is -0.342 e. The molecule has 0 saturated heterocycles. The van der Waals surface area contributed by atoms with E-state index in [1.165, 1.54) is 18.3 Å². The Morgan fingerprint density at radius 2 is 2.23 bits per heavy atom. The molecule has 0 aromatic carbocycles. The van der Waals surface area contributed by atoms with Crippen molar-refractivity contribution >= 4 is 5.91 Å². The molecule has 0 bridgehead atoms. The van der Waals surface area contributed by atoms with Crippen molar-refractivity contribution in [1.29, 1.82) is 0 Å². The molecule has 4 heteroatoms. The van der Waals surface area contributed by atoms with Gasteiger partial charge in [-0.15, -0.1) is 0 Å². The summed E-state index contributed by atoms with van der Waals surface area (Å²) < 4.78 is 0. The first kappa shape index (κ1) is 9.51. The van der Waals surface area contributed by atoms with Crippen molar-refractivity contribution in [3.05, 3.63) is 34.2 Å². The third-order valence-corrected chi connectivity index (χ3v) is 1.85. The Hall–Kier alpha value is -1.58. The molecule has 0 fully saturated rings. The van der Waals surface area contributed by atoms with Crippen LogP contribution < -0.4 is 5.56 Å². The van der Waals surface area contributed by atoms with E-state index in [0.29, 0.717) is 12.1 Å². The smallest absolute Gasteiger partial charge is 0.255 e. The molecule has 1 aromatic heterocycles. The van der Waals surface area contributed by atoms with E-state index >= 15 is 0 Å². The molecule has 0 aliphatic rings. The molecule has 0 aliphatic heterocycles. The SMILES string of the molecule is CCN(C)C(=O)c1ccc(=O)[nH]c1. The van der Waals surface area contributed by atoms with Gasteiger partial charge in [-0.05, 0) is 13.0 Å². The van der Waals surface area contributed by atoms with Gasteiger partial charge < -0.3 is 9.88 Å². The van der Waals surface area contributed by atoms with Crippen LogP contribution in [0.1, 0.15) is 17.3 Å². The van der Waals surface area contributed by atoms with Crippen molar-refractivity contribution in [2.75, 3.05) is 13.6 Å². The number of rotatable bonds is 2. The van der Waals surface area contributed by atoms with Crippen molar-refractivity contribution in [1.82, 2.24) is 9.88 Å². The van der Waals surface area contributed by atoms with Gasteiger partial charge in [0.2, 0.25) is 5.56 Å². The zero-order chi connectivity index (χ0) is 9.84. The Labute approximate surface area is 76.2 Å². The fourth-order valence-electron chi connectivity index (χ4n) is 0.908. The maximum absolute atomic E-state index is 11.5. The van der Waals surface area contributed by atoms with Crippen LogP contribution in [0.4, 0.5) is 0 Å². The van der Waals surface area contributed by atoms with Gasteiger partial charge in [0.05, 0.1) is 5.56 Å². The molecule has 1 amide bonds. The molecule has 13 heavy (non-hydrogen) atoms. The minimum atomic E-state index is -0.198. The summed E-state index contributed by atoms with van der Waals surface area (Å²) >= 11 is 0. The van der Waals surface area contributed by atoms with E-state index in [2.05, 4.69) is 4.98 Å². The second-order valence-electron chi connectivity index (χ2n) is 2.76. The van der Waals surface area contributed by atoms with Crippen LogP contribution in [-0.2, 0) is 0 Å². The predicted molar refractivity (Wildman–Crippen MR) is 49.7 cm³/mol. The van der Waals surface area contributed by atoms with E-state index in [-0.39, 0.29) is 11.5 Å². The highest BCUT2D eigenvalue weighted by atomic mass is 16.2. The van der Waals surface area contributed by atoms with Crippen molar-refractivity contribution in [3.8, 4) is 0 Å². The number of carbonyl (C=O) groups is 1. The number of carbonyl (C=O) groups excluding carboxylic acids is 1. The number of aromatic amines is 1. The first-order valence-corrected chi connectivity index (χ1v) is 4.09. The summed E-state index contributed by atoms with van der Waals surface area (Å²) in [4.78, 5) is 26.2. The standard InChI is InChI=1S/C9H12N2O2/c1-3-11(2)9(13)7-4-5-8(12)10-6-7/h4-6H,3H2,1-2H3,(H,10,12). The van der Waals surface area contributed by atoms with Crippen molar-refractivity contribution in [2.45, 2.75) is 6.92 Å². The fourth-order valence-corrected chi connectivity index (χ4v) is 0.908. The minimum absolute atomic E-state index is 0.0845. The van der Waals surface area contributed by atoms with E-state index in [4.69, 9.17) is 0 Å². The average molecular weight is 180 g/mol. The van der Waals surface area contributed by atoms with Crippen LogP contribution in [0.2, 0.25) is 0 Å². The summed E-state index contributed by atoms with van der Waals surface area (Å²) in [5.41, 5.74) is 0.305. The monoisotopic (exact) mass is 180 g/mol. The molecule has 0 spiro atoms. The van der Waals surface area contributed by atoms with Crippen LogP contribution in [0.25, 0.3) is 0 Å². The quantitative estimate of drug-likeness (QED) is 0.719. The number of nitrogens with zero attached hydrogens (tertiary/aromatic N) is 1. The highest BCUT2D eigenvalue weighted by Crippen LogP contribution is 1.98. The summed E-state index contributed by atoms with van der Waals surface area (Å²) in [5, 5.41) is 0. The molecule has 1 N–H and O–H groups in total. The Balaban J connectivity index is 2.90. The van der Waals surface area contributed by atoms with E-state index in [1.54, 1.807) is 11.9 Å². The Bertz CT molecular complexity index is 336. The molecule has 70 valence electrons. The van der Waals surface area contributed by atoms with Gasteiger partial charge in [0.15, 0.2) is 0 Å². The maximum atomic E-state index is 11.5. The van der Waals surface area contributed by atoms with Crippen LogP contribution in [0.5, 0.6) is 0 Å². The molecule has 0 unspecified atom stereocenters. The average Bonchev–Trinajstić information content (AvgIpc) is 2.17. The Morgan fingerprint density at radius 1 is 1.54 bits per heavy atom. The van der Waals surface area contributed by atoms with Crippen LogP contribution in [-0.4, -0.2) is 29.4 Å². The van der Waals surface area contributed by atoms with Crippen molar-refractivity contribution in [2.24, 2.45) is 0 Å². The molecule has 0 aliphatic carbocycles. The topological polar surface area (TPSA) is 53.2 Å². The van der Waals surface area contributed by atoms with E-state index in [1.807, 2.05) is 6.92 Å². The van der Waals surface area contributed by atoms with E-state index < -0.39 is 0 Å². The first-order valence-electron chi connectivity index (χ1n) is 4.09. The third-order valence-electron chi connectivity index (χ3n) is 1.85. The second kappa shape index (κ2) is 3.89. The highest BCUT2D eigenvalue weighted by molar-refractivity contribution is 5.93. The summed E-state index contributed by atoms with van der Waals surface area (Å²) in [6, 6.07) is 2.87.